The fourth-order valence-electron chi connectivity index (χ4n) is 2.25. The van der Waals surface area contributed by atoms with E-state index in [9.17, 15) is 9.18 Å². The molecule has 0 radical (unpaired) electrons. The number of rotatable bonds is 5. The standard InChI is InChI=1S/C14H19FN2O2/c1-19-13-5-4-10(7-12(13)15)9-17-14(18)8-11-3-2-6-16-11/h4-5,7,11,16H,2-3,6,8-9H2,1H3,(H,17,18). The molecule has 1 aromatic carbocycles. The Hall–Kier alpha value is -1.62. The number of carbonyl (C=O) groups is 1. The first kappa shape index (κ1) is 13.8. The van der Waals surface area contributed by atoms with Crippen molar-refractivity contribution in [2.24, 2.45) is 0 Å². The molecule has 1 fully saturated rings. The molecule has 1 atom stereocenters. The molecule has 0 bridgehead atoms. The summed E-state index contributed by atoms with van der Waals surface area (Å²) in [6.07, 6.45) is 2.66. The Morgan fingerprint density at radius 1 is 1.58 bits per heavy atom. The lowest BCUT2D eigenvalue weighted by Gasteiger charge is -2.11. The molecule has 1 aliphatic heterocycles. The van der Waals surface area contributed by atoms with Crippen LogP contribution < -0.4 is 15.4 Å². The van der Waals surface area contributed by atoms with Gasteiger partial charge in [-0.05, 0) is 37.1 Å². The summed E-state index contributed by atoms with van der Waals surface area (Å²) < 4.78 is 18.3. The molecule has 2 N–H and O–H groups in total. The lowest BCUT2D eigenvalue weighted by molar-refractivity contribution is -0.121. The molecule has 1 amide bonds. The van der Waals surface area contributed by atoms with Crippen LogP contribution in [0.15, 0.2) is 18.2 Å². The van der Waals surface area contributed by atoms with Crippen molar-refractivity contribution in [3.63, 3.8) is 0 Å². The minimum absolute atomic E-state index is 0.00405. The predicted molar refractivity (Wildman–Crippen MR) is 70.4 cm³/mol. The molecule has 0 aliphatic carbocycles. The Morgan fingerprint density at radius 3 is 3.05 bits per heavy atom. The third-order valence-corrected chi connectivity index (χ3v) is 3.30. The van der Waals surface area contributed by atoms with E-state index in [0.29, 0.717) is 13.0 Å². The van der Waals surface area contributed by atoms with Gasteiger partial charge in [-0.3, -0.25) is 4.79 Å². The third-order valence-electron chi connectivity index (χ3n) is 3.30. The van der Waals surface area contributed by atoms with Gasteiger partial charge < -0.3 is 15.4 Å². The summed E-state index contributed by atoms with van der Waals surface area (Å²) in [5, 5.41) is 6.08. The van der Waals surface area contributed by atoms with E-state index in [0.717, 1.165) is 24.9 Å². The Morgan fingerprint density at radius 2 is 2.42 bits per heavy atom. The van der Waals surface area contributed by atoms with E-state index in [2.05, 4.69) is 10.6 Å². The molecule has 1 aromatic rings. The van der Waals surface area contributed by atoms with Crippen LogP contribution in [-0.4, -0.2) is 25.6 Å². The maximum absolute atomic E-state index is 13.5. The SMILES string of the molecule is COc1ccc(CNC(=O)CC2CCCN2)cc1F. The summed E-state index contributed by atoms with van der Waals surface area (Å²) >= 11 is 0. The zero-order valence-corrected chi connectivity index (χ0v) is 11.0. The number of nitrogens with one attached hydrogen (secondary N) is 2. The van der Waals surface area contributed by atoms with Crippen molar-refractivity contribution in [1.29, 1.82) is 0 Å². The Bertz CT molecular complexity index is 445. The molecule has 1 heterocycles. The van der Waals surface area contributed by atoms with Gasteiger partial charge in [0.25, 0.3) is 0 Å². The minimum atomic E-state index is -0.410. The molecule has 0 spiro atoms. The highest BCUT2D eigenvalue weighted by molar-refractivity contribution is 5.76. The molecule has 2 rings (SSSR count). The fraction of sp³-hybridized carbons (Fsp3) is 0.500. The zero-order chi connectivity index (χ0) is 13.7. The monoisotopic (exact) mass is 266 g/mol. The molecular weight excluding hydrogens is 247 g/mol. The molecule has 0 aromatic heterocycles. The van der Waals surface area contributed by atoms with Crippen LogP contribution in [0.5, 0.6) is 5.75 Å². The van der Waals surface area contributed by atoms with E-state index < -0.39 is 5.82 Å². The van der Waals surface area contributed by atoms with Crippen molar-refractivity contribution >= 4 is 5.91 Å². The normalized spacial score (nSPS) is 18.3. The fourth-order valence-corrected chi connectivity index (χ4v) is 2.25. The molecule has 1 saturated heterocycles. The third kappa shape index (κ3) is 3.92. The van der Waals surface area contributed by atoms with E-state index in [1.165, 1.54) is 13.2 Å². The first-order chi connectivity index (χ1) is 9.19. The summed E-state index contributed by atoms with van der Waals surface area (Å²) in [5.74, 6) is -0.201. The number of hydrogen-bond donors (Lipinski definition) is 2. The van der Waals surface area contributed by atoms with Gasteiger partial charge >= 0.3 is 0 Å². The molecule has 1 aliphatic rings. The largest absolute Gasteiger partial charge is 0.494 e. The van der Waals surface area contributed by atoms with Gasteiger partial charge in [0.05, 0.1) is 7.11 Å². The predicted octanol–water partition coefficient (Wildman–Crippen LogP) is 1.59. The highest BCUT2D eigenvalue weighted by Gasteiger charge is 2.17. The summed E-state index contributed by atoms with van der Waals surface area (Å²) in [7, 11) is 1.43. The van der Waals surface area contributed by atoms with Crippen molar-refractivity contribution in [2.45, 2.75) is 31.8 Å². The summed E-state index contributed by atoms with van der Waals surface area (Å²) in [4.78, 5) is 11.7. The second-order valence-electron chi connectivity index (χ2n) is 4.74. The van der Waals surface area contributed by atoms with E-state index in [1.54, 1.807) is 12.1 Å². The van der Waals surface area contributed by atoms with Gasteiger partial charge in [-0.1, -0.05) is 6.07 Å². The Kier molecular flexibility index (Phi) is 4.74. The quantitative estimate of drug-likeness (QED) is 0.851. The highest BCUT2D eigenvalue weighted by Crippen LogP contribution is 2.17. The molecule has 4 nitrogen and oxygen atoms in total. The Labute approximate surface area is 112 Å². The Balaban J connectivity index is 1.81. The average molecular weight is 266 g/mol. The summed E-state index contributed by atoms with van der Waals surface area (Å²) in [6, 6.07) is 4.98. The van der Waals surface area contributed by atoms with Crippen LogP contribution in [-0.2, 0) is 11.3 Å². The lowest BCUT2D eigenvalue weighted by atomic mass is 10.1. The van der Waals surface area contributed by atoms with Crippen molar-refractivity contribution in [3.05, 3.63) is 29.6 Å². The molecule has 104 valence electrons. The van der Waals surface area contributed by atoms with Crippen LogP contribution in [0.2, 0.25) is 0 Å². The number of methoxy groups -OCH3 is 1. The van der Waals surface area contributed by atoms with Gasteiger partial charge in [-0.2, -0.15) is 0 Å². The first-order valence-corrected chi connectivity index (χ1v) is 6.51. The van der Waals surface area contributed by atoms with E-state index in [1.807, 2.05) is 0 Å². The van der Waals surface area contributed by atoms with Gasteiger partial charge in [0.2, 0.25) is 5.91 Å². The van der Waals surface area contributed by atoms with Crippen LogP contribution >= 0.6 is 0 Å². The average Bonchev–Trinajstić information content (AvgIpc) is 2.89. The number of hydrogen-bond acceptors (Lipinski definition) is 3. The summed E-state index contributed by atoms with van der Waals surface area (Å²) in [6.45, 7) is 1.33. The van der Waals surface area contributed by atoms with Crippen LogP contribution in [0.3, 0.4) is 0 Å². The number of carbonyl (C=O) groups excluding carboxylic acids is 1. The van der Waals surface area contributed by atoms with E-state index in [-0.39, 0.29) is 17.7 Å². The number of ether oxygens (including phenoxy) is 1. The smallest absolute Gasteiger partial charge is 0.221 e. The highest BCUT2D eigenvalue weighted by atomic mass is 19.1. The van der Waals surface area contributed by atoms with Gasteiger partial charge in [0.15, 0.2) is 11.6 Å². The second kappa shape index (κ2) is 6.52. The molecule has 1 unspecified atom stereocenters. The summed E-state index contributed by atoms with van der Waals surface area (Å²) in [5.41, 5.74) is 0.728. The van der Waals surface area contributed by atoms with Crippen LogP contribution in [0, 0.1) is 5.82 Å². The van der Waals surface area contributed by atoms with Gasteiger partial charge in [-0.15, -0.1) is 0 Å². The maximum atomic E-state index is 13.5. The lowest BCUT2D eigenvalue weighted by Crippen LogP contribution is -2.31. The zero-order valence-electron chi connectivity index (χ0n) is 11.0. The van der Waals surface area contributed by atoms with E-state index in [4.69, 9.17) is 4.74 Å². The molecule has 19 heavy (non-hydrogen) atoms. The van der Waals surface area contributed by atoms with Crippen molar-refractivity contribution in [3.8, 4) is 5.75 Å². The van der Waals surface area contributed by atoms with Gasteiger partial charge in [0.1, 0.15) is 0 Å². The molecular formula is C14H19FN2O2. The molecule has 0 saturated carbocycles. The first-order valence-electron chi connectivity index (χ1n) is 6.51. The van der Waals surface area contributed by atoms with Crippen LogP contribution in [0.1, 0.15) is 24.8 Å². The van der Waals surface area contributed by atoms with Crippen LogP contribution in [0.25, 0.3) is 0 Å². The second-order valence-corrected chi connectivity index (χ2v) is 4.74. The molecule has 5 heteroatoms. The number of halogens is 1. The van der Waals surface area contributed by atoms with Gasteiger partial charge in [-0.25, -0.2) is 4.39 Å². The van der Waals surface area contributed by atoms with Crippen molar-refractivity contribution in [1.82, 2.24) is 10.6 Å². The maximum Gasteiger partial charge on any atom is 0.221 e. The van der Waals surface area contributed by atoms with Crippen molar-refractivity contribution < 1.29 is 13.9 Å². The minimum Gasteiger partial charge on any atom is -0.494 e. The van der Waals surface area contributed by atoms with Crippen LogP contribution in [0.4, 0.5) is 4.39 Å². The van der Waals surface area contributed by atoms with Gasteiger partial charge in [0, 0.05) is 19.0 Å². The van der Waals surface area contributed by atoms with E-state index >= 15 is 0 Å². The number of benzene rings is 1. The topological polar surface area (TPSA) is 50.4 Å². The van der Waals surface area contributed by atoms with Crippen molar-refractivity contribution in [2.75, 3.05) is 13.7 Å². The number of amides is 1.